The van der Waals surface area contributed by atoms with Gasteiger partial charge in [-0.1, -0.05) is 30.4 Å². The number of esters is 1. The molecule has 0 saturated heterocycles. The molecule has 0 aromatic heterocycles. The van der Waals surface area contributed by atoms with Crippen LogP contribution in [0.15, 0.2) is 48.5 Å². The van der Waals surface area contributed by atoms with E-state index in [-0.39, 0.29) is 12.3 Å². The first-order valence-electron chi connectivity index (χ1n) is 7.40. The zero-order chi connectivity index (χ0) is 17.4. The van der Waals surface area contributed by atoms with Gasteiger partial charge in [0, 0.05) is 17.7 Å². The molecule has 0 spiro atoms. The molecule has 6 heteroatoms. The number of carbonyl (C=O) groups is 1. The number of rotatable bonds is 7. The third kappa shape index (κ3) is 4.95. The number of nitro benzene ring substituents is 1. The van der Waals surface area contributed by atoms with E-state index < -0.39 is 10.9 Å². The van der Waals surface area contributed by atoms with E-state index in [0.29, 0.717) is 12.4 Å². The smallest absolute Gasteiger partial charge is 0.344 e. The molecule has 0 radical (unpaired) electrons. The number of para-hydroxylation sites is 1. The fourth-order valence-electron chi connectivity index (χ4n) is 1.98. The number of hydrogen-bond acceptors (Lipinski definition) is 5. The van der Waals surface area contributed by atoms with Crippen molar-refractivity contribution < 1.29 is 19.2 Å². The summed E-state index contributed by atoms with van der Waals surface area (Å²) in [4.78, 5) is 21.6. The molecule has 0 amide bonds. The summed E-state index contributed by atoms with van der Waals surface area (Å²) in [5.74, 6) is 0.135. The minimum absolute atomic E-state index is 0.0466. The van der Waals surface area contributed by atoms with Crippen LogP contribution in [0.1, 0.15) is 18.1 Å². The van der Waals surface area contributed by atoms with E-state index in [1.807, 2.05) is 30.4 Å². The van der Waals surface area contributed by atoms with Gasteiger partial charge in [-0.05, 0) is 30.7 Å². The van der Waals surface area contributed by atoms with Gasteiger partial charge in [0.2, 0.25) is 0 Å². The van der Waals surface area contributed by atoms with Crippen LogP contribution in [0.2, 0.25) is 0 Å². The summed E-state index contributed by atoms with van der Waals surface area (Å²) in [7, 11) is 0. The molecule has 0 atom stereocenters. The first-order chi connectivity index (χ1) is 11.6. The Labute approximate surface area is 139 Å². The van der Waals surface area contributed by atoms with Crippen molar-refractivity contribution in [3.8, 4) is 5.75 Å². The van der Waals surface area contributed by atoms with E-state index in [9.17, 15) is 14.9 Å². The molecule has 6 nitrogen and oxygen atoms in total. The molecule has 124 valence electrons. The molecule has 2 aromatic carbocycles. The van der Waals surface area contributed by atoms with E-state index >= 15 is 0 Å². The maximum Gasteiger partial charge on any atom is 0.344 e. The molecule has 0 bridgehead atoms. The molecule has 2 aromatic rings. The first kappa shape index (κ1) is 17.2. The van der Waals surface area contributed by atoms with Gasteiger partial charge in [0.1, 0.15) is 5.75 Å². The molecule has 0 fully saturated rings. The normalized spacial score (nSPS) is 10.5. The number of ether oxygens (including phenoxy) is 2. The van der Waals surface area contributed by atoms with Crippen LogP contribution >= 0.6 is 0 Å². The molecular weight excluding hydrogens is 310 g/mol. The maximum atomic E-state index is 11.4. The summed E-state index contributed by atoms with van der Waals surface area (Å²) >= 11 is 0. The zero-order valence-electron chi connectivity index (χ0n) is 13.2. The summed E-state index contributed by atoms with van der Waals surface area (Å²) in [6.45, 7) is 1.89. The van der Waals surface area contributed by atoms with Crippen LogP contribution in [-0.4, -0.2) is 24.1 Å². The zero-order valence-corrected chi connectivity index (χ0v) is 13.2. The van der Waals surface area contributed by atoms with Crippen LogP contribution in [0.25, 0.3) is 12.2 Å². The molecule has 0 N–H and O–H groups in total. The van der Waals surface area contributed by atoms with Crippen LogP contribution in [0.4, 0.5) is 5.69 Å². The van der Waals surface area contributed by atoms with E-state index in [1.54, 1.807) is 25.1 Å². The van der Waals surface area contributed by atoms with Crippen LogP contribution in [0.5, 0.6) is 5.75 Å². The Bertz CT molecular complexity index is 737. The van der Waals surface area contributed by atoms with Crippen LogP contribution in [0, 0.1) is 10.1 Å². The van der Waals surface area contributed by atoms with Gasteiger partial charge in [0.05, 0.1) is 11.5 Å². The highest BCUT2D eigenvalue weighted by Crippen LogP contribution is 2.21. The summed E-state index contributed by atoms with van der Waals surface area (Å²) in [5, 5.41) is 10.6. The van der Waals surface area contributed by atoms with Gasteiger partial charge in [-0.2, -0.15) is 0 Å². The molecule has 0 aliphatic rings. The highest BCUT2D eigenvalue weighted by Gasteiger charge is 2.06. The standard InChI is InChI=1S/C18H17NO5/c1-2-23-18(20)13-24-17-6-4-3-5-15(17)10-7-14-8-11-16(12-9-14)19(21)22/h3-12H,2,13H2,1H3. The fourth-order valence-corrected chi connectivity index (χ4v) is 1.98. The van der Waals surface area contributed by atoms with Crippen molar-refractivity contribution in [2.75, 3.05) is 13.2 Å². The lowest BCUT2D eigenvalue weighted by Crippen LogP contribution is -2.14. The maximum absolute atomic E-state index is 11.4. The average Bonchev–Trinajstić information content (AvgIpc) is 2.59. The Morgan fingerprint density at radius 1 is 1.12 bits per heavy atom. The van der Waals surface area contributed by atoms with Gasteiger partial charge >= 0.3 is 5.97 Å². The predicted octanol–water partition coefficient (Wildman–Crippen LogP) is 3.71. The Balaban J connectivity index is 2.08. The third-order valence-electron chi connectivity index (χ3n) is 3.13. The lowest BCUT2D eigenvalue weighted by Gasteiger charge is -2.08. The number of benzene rings is 2. The van der Waals surface area contributed by atoms with Crippen molar-refractivity contribution in [2.45, 2.75) is 6.92 Å². The molecular formula is C18H17NO5. The fraction of sp³-hybridized carbons (Fsp3) is 0.167. The first-order valence-corrected chi connectivity index (χ1v) is 7.40. The SMILES string of the molecule is CCOC(=O)COc1ccccc1C=Cc1ccc([N+](=O)[O-])cc1. The summed E-state index contributed by atoms with van der Waals surface area (Å²) < 4.78 is 10.3. The number of non-ortho nitro benzene ring substituents is 1. The number of hydrogen-bond donors (Lipinski definition) is 0. The average molecular weight is 327 g/mol. The van der Waals surface area contributed by atoms with E-state index in [4.69, 9.17) is 9.47 Å². The van der Waals surface area contributed by atoms with Crippen LogP contribution < -0.4 is 4.74 Å². The number of carbonyl (C=O) groups excluding carboxylic acids is 1. The molecule has 0 unspecified atom stereocenters. The van der Waals surface area contributed by atoms with Crippen molar-refractivity contribution in [2.24, 2.45) is 0 Å². The van der Waals surface area contributed by atoms with Crippen molar-refractivity contribution in [3.05, 3.63) is 69.8 Å². The number of nitrogens with zero attached hydrogens (tertiary/aromatic N) is 1. The Morgan fingerprint density at radius 2 is 1.83 bits per heavy atom. The highest BCUT2D eigenvalue weighted by atomic mass is 16.6. The second-order valence-electron chi connectivity index (χ2n) is 4.81. The van der Waals surface area contributed by atoms with Gasteiger partial charge in [0.15, 0.2) is 6.61 Å². The van der Waals surface area contributed by atoms with Crippen molar-refractivity contribution >= 4 is 23.8 Å². The van der Waals surface area contributed by atoms with Gasteiger partial charge in [-0.3, -0.25) is 10.1 Å². The highest BCUT2D eigenvalue weighted by molar-refractivity contribution is 5.74. The van der Waals surface area contributed by atoms with Crippen LogP contribution in [0.3, 0.4) is 0 Å². The van der Waals surface area contributed by atoms with E-state index in [0.717, 1.165) is 11.1 Å². The lowest BCUT2D eigenvalue weighted by atomic mass is 10.1. The molecule has 0 saturated carbocycles. The second-order valence-corrected chi connectivity index (χ2v) is 4.81. The predicted molar refractivity (Wildman–Crippen MR) is 90.6 cm³/mol. The Kier molecular flexibility index (Phi) is 6.08. The van der Waals surface area contributed by atoms with Gasteiger partial charge in [-0.15, -0.1) is 0 Å². The molecule has 2 rings (SSSR count). The molecule has 0 aliphatic carbocycles. The van der Waals surface area contributed by atoms with Crippen molar-refractivity contribution in [3.63, 3.8) is 0 Å². The van der Waals surface area contributed by atoms with Gasteiger partial charge in [-0.25, -0.2) is 4.79 Å². The molecule has 0 heterocycles. The van der Waals surface area contributed by atoms with Gasteiger partial charge in [0.25, 0.3) is 5.69 Å². The largest absolute Gasteiger partial charge is 0.481 e. The number of nitro groups is 1. The molecule has 24 heavy (non-hydrogen) atoms. The summed E-state index contributed by atoms with van der Waals surface area (Å²) in [5.41, 5.74) is 1.66. The monoisotopic (exact) mass is 327 g/mol. The summed E-state index contributed by atoms with van der Waals surface area (Å²) in [6.07, 6.45) is 3.64. The van der Waals surface area contributed by atoms with Crippen LogP contribution in [-0.2, 0) is 9.53 Å². The summed E-state index contributed by atoms with van der Waals surface area (Å²) in [6, 6.07) is 13.5. The van der Waals surface area contributed by atoms with E-state index in [1.165, 1.54) is 12.1 Å². The topological polar surface area (TPSA) is 78.7 Å². The minimum Gasteiger partial charge on any atom is -0.481 e. The minimum atomic E-state index is -0.438. The second kappa shape index (κ2) is 8.47. The Morgan fingerprint density at radius 3 is 2.50 bits per heavy atom. The lowest BCUT2D eigenvalue weighted by molar-refractivity contribution is -0.384. The third-order valence-corrected chi connectivity index (χ3v) is 3.13. The Hall–Kier alpha value is -3.15. The van der Waals surface area contributed by atoms with Gasteiger partial charge < -0.3 is 9.47 Å². The van der Waals surface area contributed by atoms with Crippen molar-refractivity contribution in [1.82, 2.24) is 0 Å². The van der Waals surface area contributed by atoms with Crippen molar-refractivity contribution in [1.29, 1.82) is 0 Å². The quantitative estimate of drug-likeness (QED) is 0.335. The van der Waals surface area contributed by atoms with E-state index in [2.05, 4.69) is 0 Å². The molecule has 0 aliphatic heterocycles.